The lowest BCUT2D eigenvalue weighted by Gasteiger charge is -2.18. The van der Waals surface area contributed by atoms with Crippen molar-refractivity contribution in [1.82, 2.24) is 10.3 Å². The molecule has 1 amide bonds. The molecule has 0 fully saturated rings. The van der Waals surface area contributed by atoms with Crippen LogP contribution in [0.5, 0.6) is 0 Å². The number of hydrogen-bond donors (Lipinski definition) is 2. The molecule has 2 aromatic heterocycles. The number of pyridine rings is 1. The molecule has 0 saturated heterocycles. The van der Waals surface area contributed by atoms with Crippen LogP contribution in [0.15, 0.2) is 34.9 Å². The quantitative estimate of drug-likeness (QED) is 0.885. The van der Waals surface area contributed by atoms with E-state index in [2.05, 4.69) is 10.3 Å². The van der Waals surface area contributed by atoms with Crippen LogP contribution in [0.2, 0.25) is 0 Å². The first-order valence-corrected chi connectivity index (χ1v) is 6.95. The maximum atomic E-state index is 12.2. The molecule has 0 bridgehead atoms. The van der Waals surface area contributed by atoms with E-state index in [0.717, 1.165) is 0 Å². The molecule has 0 saturated carbocycles. The van der Waals surface area contributed by atoms with Crippen molar-refractivity contribution >= 4 is 11.9 Å². The Balaban J connectivity index is 2.22. The molecule has 6 nitrogen and oxygen atoms in total. The van der Waals surface area contributed by atoms with Gasteiger partial charge in [-0.15, -0.1) is 0 Å². The SMILES string of the molecule is Cc1nc(-c2ccco2)ccc1C(=O)NC(C(=O)O)C(C)C. The molecule has 2 heterocycles. The van der Waals surface area contributed by atoms with Crippen molar-refractivity contribution in [3.8, 4) is 11.5 Å². The standard InChI is InChI=1S/C16H18N2O4/c1-9(2)14(16(20)21)18-15(19)11-6-7-12(17-10(11)3)13-5-4-8-22-13/h4-9,14H,1-3H3,(H,18,19)(H,20,21). The Hall–Kier alpha value is -2.63. The molecule has 1 unspecified atom stereocenters. The van der Waals surface area contributed by atoms with Crippen LogP contribution in [0.1, 0.15) is 29.9 Å². The molecule has 2 N–H and O–H groups in total. The average Bonchev–Trinajstić information content (AvgIpc) is 2.97. The number of rotatable bonds is 5. The van der Waals surface area contributed by atoms with Gasteiger partial charge in [0.15, 0.2) is 5.76 Å². The monoisotopic (exact) mass is 302 g/mol. The maximum Gasteiger partial charge on any atom is 0.326 e. The topological polar surface area (TPSA) is 92.4 Å². The first-order chi connectivity index (χ1) is 10.4. The Bertz CT molecular complexity index is 677. The number of aliphatic carboxylic acids is 1. The van der Waals surface area contributed by atoms with E-state index in [-0.39, 0.29) is 5.92 Å². The molecule has 0 radical (unpaired) electrons. The Labute approximate surface area is 128 Å². The molecule has 1 atom stereocenters. The zero-order valence-electron chi connectivity index (χ0n) is 12.7. The molecule has 0 spiro atoms. The van der Waals surface area contributed by atoms with Gasteiger partial charge in [0.25, 0.3) is 5.91 Å². The summed E-state index contributed by atoms with van der Waals surface area (Å²) < 4.78 is 5.26. The average molecular weight is 302 g/mol. The largest absolute Gasteiger partial charge is 0.480 e. The molecular formula is C16H18N2O4. The van der Waals surface area contributed by atoms with Gasteiger partial charge in [0, 0.05) is 0 Å². The molecule has 0 aliphatic rings. The fourth-order valence-corrected chi connectivity index (χ4v) is 2.10. The number of furan rings is 1. The molecule has 0 aromatic carbocycles. The first kappa shape index (κ1) is 15.8. The number of aryl methyl sites for hydroxylation is 1. The van der Waals surface area contributed by atoms with Crippen molar-refractivity contribution in [2.75, 3.05) is 0 Å². The van der Waals surface area contributed by atoms with E-state index in [0.29, 0.717) is 22.7 Å². The zero-order chi connectivity index (χ0) is 16.3. The van der Waals surface area contributed by atoms with Crippen molar-refractivity contribution < 1.29 is 19.1 Å². The summed E-state index contributed by atoms with van der Waals surface area (Å²) in [6.45, 7) is 5.18. The Morgan fingerprint density at radius 2 is 2.00 bits per heavy atom. The van der Waals surface area contributed by atoms with E-state index in [1.165, 1.54) is 0 Å². The number of hydrogen-bond acceptors (Lipinski definition) is 4. The highest BCUT2D eigenvalue weighted by Crippen LogP contribution is 2.19. The van der Waals surface area contributed by atoms with Crippen LogP contribution in [0.4, 0.5) is 0 Å². The predicted molar refractivity (Wildman–Crippen MR) is 80.4 cm³/mol. The third-order valence-corrected chi connectivity index (χ3v) is 3.32. The van der Waals surface area contributed by atoms with Crippen molar-refractivity contribution in [1.29, 1.82) is 0 Å². The summed E-state index contributed by atoms with van der Waals surface area (Å²) in [7, 11) is 0. The first-order valence-electron chi connectivity index (χ1n) is 6.95. The van der Waals surface area contributed by atoms with Gasteiger partial charge < -0.3 is 14.8 Å². The van der Waals surface area contributed by atoms with Gasteiger partial charge in [-0.1, -0.05) is 13.8 Å². The lowest BCUT2D eigenvalue weighted by Crippen LogP contribution is -2.44. The fraction of sp³-hybridized carbons (Fsp3) is 0.312. The van der Waals surface area contributed by atoms with Crippen LogP contribution in [-0.4, -0.2) is 28.0 Å². The highest BCUT2D eigenvalue weighted by Gasteiger charge is 2.24. The van der Waals surface area contributed by atoms with Crippen LogP contribution in [-0.2, 0) is 4.79 Å². The van der Waals surface area contributed by atoms with E-state index in [1.807, 2.05) is 0 Å². The van der Waals surface area contributed by atoms with Gasteiger partial charge in [-0.3, -0.25) is 4.79 Å². The smallest absolute Gasteiger partial charge is 0.326 e. The third-order valence-electron chi connectivity index (χ3n) is 3.32. The lowest BCUT2D eigenvalue weighted by atomic mass is 10.0. The normalized spacial score (nSPS) is 12.2. The van der Waals surface area contributed by atoms with Gasteiger partial charge in [-0.2, -0.15) is 0 Å². The summed E-state index contributed by atoms with van der Waals surface area (Å²) in [6.07, 6.45) is 1.55. The molecule has 2 aromatic rings. The van der Waals surface area contributed by atoms with Crippen LogP contribution in [0.25, 0.3) is 11.5 Å². The molecule has 6 heteroatoms. The summed E-state index contributed by atoms with van der Waals surface area (Å²) >= 11 is 0. The van der Waals surface area contributed by atoms with E-state index < -0.39 is 17.9 Å². The van der Waals surface area contributed by atoms with E-state index in [9.17, 15) is 9.59 Å². The Kier molecular flexibility index (Phi) is 4.60. The van der Waals surface area contributed by atoms with Crippen LogP contribution < -0.4 is 5.32 Å². The van der Waals surface area contributed by atoms with Gasteiger partial charge in [-0.25, -0.2) is 9.78 Å². The highest BCUT2D eigenvalue weighted by atomic mass is 16.4. The molecule has 0 aliphatic carbocycles. The molecule has 22 heavy (non-hydrogen) atoms. The van der Waals surface area contributed by atoms with Crippen molar-refractivity contribution in [2.24, 2.45) is 5.92 Å². The van der Waals surface area contributed by atoms with E-state index in [1.54, 1.807) is 51.3 Å². The molecular weight excluding hydrogens is 284 g/mol. The number of amides is 1. The van der Waals surface area contributed by atoms with Crippen molar-refractivity contribution in [3.05, 3.63) is 41.8 Å². The second-order valence-electron chi connectivity index (χ2n) is 5.34. The number of nitrogens with zero attached hydrogens (tertiary/aromatic N) is 1. The summed E-state index contributed by atoms with van der Waals surface area (Å²) in [5, 5.41) is 11.7. The Morgan fingerprint density at radius 3 is 2.50 bits per heavy atom. The fourth-order valence-electron chi connectivity index (χ4n) is 2.10. The summed E-state index contributed by atoms with van der Waals surface area (Å²) in [5.41, 5.74) is 1.49. The minimum atomic E-state index is -1.05. The van der Waals surface area contributed by atoms with Gasteiger partial charge in [0.2, 0.25) is 0 Å². The van der Waals surface area contributed by atoms with Crippen LogP contribution in [0.3, 0.4) is 0 Å². The van der Waals surface area contributed by atoms with Gasteiger partial charge >= 0.3 is 5.97 Å². The van der Waals surface area contributed by atoms with Gasteiger partial charge in [-0.05, 0) is 37.1 Å². The van der Waals surface area contributed by atoms with Crippen LogP contribution >= 0.6 is 0 Å². The van der Waals surface area contributed by atoms with E-state index in [4.69, 9.17) is 9.52 Å². The second-order valence-corrected chi connectivity index (χ2v) is 5.34. The predicted octanol–water partition coefficient (Wildman–Crippen LogP) is 2.49. The van der Waals surface area contributed by atoms with Crippen molar-refractivity contribution in [3.63, 3.8) is 0 Å². The summed E-state index contributed by atoms with van der Waals surface area (Å²) in [4.78, 5) is 27.7. The lowest BCUT2D eigenvalue weighted by molar-refractivity contribution is -0.140. The number of carbonyl (C=O) groups is 2. The number of nitrogens with one attached hydrogen (secondary N) is 1. The summed E-state index contributed by atoms with van der Waals surface area (Å²) in [6, 6.07) is 5.89. The molecule has 116 valence electrons. The van der Waals surface area contributed by atoms with Crippen molar-refractivity contribution in [2.45, 2.75) is 26.8 Å². The maximum absolute atomic E-state index is 12.2. The number of aromatic nitrogens is 1. The highest BCUT2D eigenvalue weighted by molar-refractivity contribution is 5.97. The van der Waals surface area contributed by atoms with E-state index >= 15 is 0 Å². The molecule has 0 aliphatic heterocycles. The minimum Gasteiger partial charge on any atom is -0.480 e. The number of carbonyl (C=O) groups excluding carboxylic acids is 1. The Morgan fingerprint density at radius 1 is 1.27 bits per heavy atom. The van der Waals surface area contributed by atoms with Gasteiger partial charge in [0.1, 0.15) is 11.7 Å². The zero-order valence-corrected chi connectivity index (χ0v) is 12.7. The third kappa shape index (κ3) is 3.33. The number of carboxylic acid groups (broad SMARTS) is 1. The second kappa shape index (κ2) is 6.43. The minimum absolute atomic E-state index is 0.211. The summed E-state index contributed by atoms with van der Waals surface area (Å²) in [5.74, 6) is -1.10. The van der Waals surface area contributed by atoms with Gasteiger partial charge in [0.05, 0.1) is 17.5 Å². The number of carboxylic acids is 1. The molecule has 2 rings (SSSR count). The van der Waals surface area contributed by atoms with Crippen LogP contribution in [0, 0.1) is 12.8 Å².